The summed E-state index contributed by atoms with van der Waals surface area (Å²) in [5.74, 6) is -1.68. The van der Waals surface area contributed by atoms with Gasteiger partial charge in [0.05, 0.1) is 18.1 Å². The highest BCUT2D eigenvalue weighted by atomic mass is 19.1. The van der Waals surface area contributed by atoms with E-state index in [-0.39, 0.29) is 18.0 Å². The molecule has 3 atom stereocenters. The largest absolute Gasteiger partial charge is 0.481 e. The van der Waals surface area contributed by atoms with Gasteiger partial charge in [0.2, 0.25) is 0 Å². The lowest BCUT2D eigenvalue weighted by molar-refractivity contribution is -0.143. The molecule has 104 valence electrons. The van der Waals surface area contributed by atoms with Gasteiger partial charge in [-0.1, -0.05) is 12.1 Å². The van der Waals surface area contributed by atoms with Crippen LogP contribution < -0.4 is 0 Å². The Kier molecular flexibility index (Phi) is 4.53. The summed E-state index contributed by atoms with van der Waals surface area (Å²) in [4.78, 5) is 11.3. The monoisotopic (exact) mass is 266 g/mol. The second-order valence-corrected chi connectivity index (χ2v) is 5.25. The molecule has 1 heterocycles. The lowest BCUT2D eigenvalue weighted by Gasteiger charge is -2.17. The zero-order valence-electron chi connectivity index (χ0n) is 11.0. The van der Waals surface area contributed by atoms with Crippen LogP contribution in [0.15, 0.2) is 24.3 Å². The third-order valence-electron chi connectivity index (χ3n) is 3.59. The Bertz CT molecular complexity index is 447. The van der Waals surface area contributed by atoms with Crippen molar-refractivity contribution in [3.63, 3.8) is 0 Å². The summed E-state index contributed by atoms with van der Waals surface area (Å²) in [5.41, 5.74) is 0.721. The van der Waals surface area contributed by atoms with E-state index < -0.39 is 11.9 Å². The van der Waals surface area contributed by atoms with Crippen LogP contribution in [-0.2, 0) is 16.0 Å². The fourth-order valence-electron chi connectivity index (χ4n) is 2.60. The number of benzene rings is 1. The summed E-state index contributed by atoms with van der Waals surface area (Å²) in [6, 6.07) is 6.13. The van der Waals surface area contributed by atoms with E-state index in [1.807, 2.05) is 6.92 Å². The molecule has 0 radical (unpaired) electrons. The SMILES string of the molecule is CC1CCC(CC(Cc2cccc(F)c2)C(=O)O)O1. The minimum absolute atomic E-state index is 0.0182. The maximum absolute atomic E-state index is 13.1. The van der Waals surface area contributed by atoms with Crippen molar-refractivity contribution in [2.75, 3.05) is 0 Å². The van der Waals surface area contributed by atoms with Gasteiger partial charge < -0.3 is 9.84 Å². The van der Waals surface area contributed by atoms with E-state index in [2.05, 4.69) is 0 Å². The average Bonchev–Trinajstić information content (AvgIpc) is 2.74. The Morgan fingerprint density at radius 2 is 2.32 bits per heavy atom. The minimum Gasteiger partial charge on any atom is -0.481 e. The molecule has 1 aromatic rings. The molecule has 4 heteroatoms. The van der Waals surface area contributed by atoms with E-state index in [9.17, 15) is 14.3 Å². The number of carboxylic acid groups (broad SMARTS) is 1. The van der Waals surface area contributed by atoms with Crippen LogP contribution in [-0.4, -0.2) is 23.3 Å². The molecule has 0 saturated carbocycles. The van der Waals surface area contributed by atoms with Crippen molar-refractivity contribution in [3.8, 4) is 0 Å². The zero-order valence-corrected chi connectivity index (χ0v) is 11.0. The molecule has 0 bridgehead atoms. The van der Waals surface area contributed by atoms with E-state index in [4.69, 9.17) is 4.74 Å². The molecule has 0 aliphatic carbocycles. The van der Waals surface area contributed by atoms with E-state index in [0.717, 1.165) is 18.4 Å². The molecule has 1 saturated heterocycles. The maximum atomic E-state index is 13.1. The van der Waals surface area contributed by atoms with E-state index in [0.29, 0.717) is 12.8 Å². The first-order valence-corrected chi connectivity index (χ1v) is 6.67. The number of aliphatic carboxylic acids is 1. The predicted molar refractivity (Wildman–Crippen MR) is 69.4 cm³/mol. The second kappa shape index (κ2) is 6.15. The van der Waals surface area contributed by atoms with Crippen LogP contribution in [0.25, 0.3) is 0 Å². The Balaban J connectivity index is 1.98. The molecule has 19 heavy (non-hydrogen) atoms. The summed E-state index contributed by atoms with van der Waals surface area (Å²) >= 11 is 0. The Morgan fingerprint density at radius 3 is 2.89 bits per heavy atom. The van der Waals surface area contributed by atoms with Gasteiger partial charge in [0.25, 0.3) is 0 Å². The minimum atomic E-state index is -0.840. The van der Waals surface area contributed by atoms with Gasteiger partial charge in [0, 0.05) is 0 Å². The summed E-state index contributed by atoms with van der Waals surface area (Å²) in [5, 5.41) is 9.28. The fourth-order valence-corrected chi connectivity index (χ4v) is 2.60. The maximum Gasteiger partial charge on any atom is 0.306 e. The van der Waals surface area contributed by atoms with Gasteiger partial charge in [-0.15, -0.1) is 0 Å². The number of carboxylic acids is 1. The lowest BCUT2D eigenvalue weighted by atomic mass is 9.93. The lowest BCUT2D eigenvalue weighted by Crippen LogP contribution is -2.23. The summed E-state index contributed by atoms with van der Waals surface area (Å²) in [6.07, 6.45) is 2.97. The molecular formula is C15H19FO3. The second-order valence-electron chi connectivity index (χ2n) is 5.25. The number of ether oxygens (including phenoxy) is 1. The normalized spacial score (nSPS) is 24.3. The van der Waals surface area contributed by atoms with Crippen molar-refractivity contribution in [3.05, 3.63) is 35.6 Å². The molecule has 0 aromatic heterocycles. The van der Waals surface area contributed by atoms with Crippen molar-refractivity contribution in [2.45, 2.75) is 44.8 Å². The average molecular weight is 266 g/mol. The highest BCUT2D eigenvalue weighted by Gasteiger charge is 2.28. The highest BCUT2D eigenvalue weighted by Crippen LogP contribution is 2.26. The summed E-state index contributed by atoms with van der Waals surface area (Å²) in [6.45, 7) is 2.00. The van der Waals surface area contributed by atoms with Crippen LogP contribution in [0.1, 0.15) is 31.7 Å². The summed E-state index contributed by atoms with van der Waals surface area (Å²) < 4.78 is 18.8. The zero-order chi connectivity index (χ0) is 13.8. The number of hydrogen-bond acceptors (Lipinski definition) is 2. The summed E-state index contributed by atoms with van der Waals surface area (Å²) in [7, 11) is 0. The molecule has 0 spiro atoms. The van der Waals surface area contributed by atoms with Crippen molar-refractivity contribution in [1.29, 1.82) is 0 Å². The molecule has 1 N–H and O–H groups in total. The predicted octanol–water partition coefficient (Wildman–Crippen LogP) is 3.03. The first kappa shape index (κ1) is 14.0. The van der Waals surface area contributed by atoms with Gasteiger partial charge in [-0.25, -0.2) is 4.39 Å². The van der Waals surface area contributed by atoms with Crippen molar-refractivity contribution in [1.82, 2.24) is 0 Å². The molecule has 1 aliphatic rings. The third-order valence-corrected chi connectivity index (χ3v) is 3.59. The van der Waals surface area contributed by atoms with Crippen LogP contribution in [0.3, 0.4) is 0 Å². The van der Waals surface area contributed by atoms with Gasteiger partial charge in [-0.2, -0.15) is 0 Å². The van der Waals surface area contributed by atoms with Crippen LogP contribution in [0.2, 0.25) is 0 Å². The van der Waals surface area contributed by atoms with Crippen LogP contribution in [0.4, 0.5) is 4.39 Å². The van der Waals surface area contributed by atoms with Crippen molar-refractivity contribution >= 4 is 5.97 Å². The van der Waals surface area contributed by atoms with Crippen LogP contribution in [0, 0.1) is 11.7 Å². The van der Waals surface area contributed by atoms with Crippen LogP contribution >= 0.6 is 0 Å². The van der Waals surface area contributed by atoms with Crippen molar-refractivity contribution < 1.29 is 19.0 Å². The van der Waals surface area contributed by atoms with E-state index in [1.165, 1.54) is 12.1 Å². The quantitative estimate of drug-likeness (QED) is 0.891. The molecule has 0 amide bonds. The van der Waals surface area contributed by atoms with Gasteiger partial charge >= 0.3 is 5.97 Å². The fraction of sp³-hybridized carbons (Fsp3) is 0.533. The number of rotatable bonds is 5. The standard InChI is InChI=1S/C15H19FO3/c1-10-5-6-14(19-10)9-12(15(17)18)7-11-3-2-4-13(16)8-11/h2-4,8,10,12,14H,5-7,9H2,1H3,(H,17,18). The molecule has 1 fully saturated rings. The number of hydrogen-bond donors (Lipinski definition) is 1. The topological polar surface area (TPSA) is 46.5 Å². The first-order chi connectivity index (χ1) is 9.04. The smallest absolute Gasteiger partial charge is 0.306 e. The molecular weight excluding hydrogens is 247 g/mol. The van der Waals surface area contributed by atoms with Gasteiger partial charge in [0.1, 0.15) is 5.82 Å². The van der Waals surface area contributed by atoms with Gasteiger partial charge in [0.15, 0.2) is 0 Å². The molecule has 3 unspecified atom stereocenters. The number of carbonyl (C=O) groups is 1. The highest BCUT2D eigenvalue weighted by molar-refractivity contribution is 5.70. The van der Waals surface area contributed by atoms with E-state index in [1.54, 1.807) is 12.1 Å². The van der Waals surface area contributed by atoms with Crippen LogP contribution in [0.5, 0.6) is 0 Å². The van der Waals surface area contributed by atoms with Gasteiger partial charge in [-0.3, -0.25) is 4.79 Å². The van der Waals surface area contributed by atoms with Crippen molar-refractivity contribution in [2.24, 2.45) is 5.92 Å². The molecule has 2 rings (SSSR count). The Morgan fingerprint density at radius 1 is 1.53 bits per heavy atom. The number of halogens is 1. The Hall–Kier alpha value is -1.42. The molecule has 3 nitrogen and oxygen atoms in total. The molecule has 1 aliphatic heterocycles. The van der Waals surface area contributed by atoms with E-state index >= 15 is 0 Å². The Labute approximate surface area is 112 Å². The first-order valence-electron chi connectivity index (χ1n) is 6.67. The van der Waals surface area contributed by atoms with Gasteiger partial charge in [-0.05, 0) is 50.3 Å². The third kappa shape index (κ3) is 4.03. The molecule has 1 aromatic carbocycles.